The third-order valence-corrected chi connectivity index (χ3v) is 5.18. The fourth-order valence-corrected chi connectivity index (χ4v) is 3.73. The highest BCUT2D eigenvalue weighted by Crippen LogP contribution is 2.19. The summed E-state index contributed by atoms with van der Waals surface area (Å²) in [5.41, 5.74) is 1.39. The van der Waals surface area contributed by atoms with Gasteiger partial charge < -0.3 is 9.80 Å². The summed E-state index contributed by atoms with van der Waals surface area (Å²) in [6.07, 6.45) is 4.62. The van der Waals surface area contributed by atoms with Crippen LogP contribution in [0.4, 0.5) is 4.39 Å². The third-order valence-electron chi connectivity index (χ3n) is 5.18. The van der Waals surface area contributed by atoms with E-state index in [2.05, 4.69) is 10.00 Å². The maximum absolute atomic E-state index is 13.8. The van der Waals surface area contributed by atoms with Crippen LogP contribution in [0.1, 0.15) is 28.9 Å². The van der Waals surface area contributed by atoms with Crippen LogP contribution < -0.4 is 0 Å². The van der Waals surface area contributed by atoms with E-state index >= 15 is 0 Å². The zero-order valence-electron chi connectivity index (χ0n) is 15.6. The smallest absolute Gasteiger partial charge is 0.271 e. The number of nitrogens with zero attached hydrogens (tertiary/aromatic N) is 4. The van der Waals surface area contributed by atoms with Crippen molar-refractivity contribution in [1.29, 1.82) is 0 Å². The molecule has 1 aromatic heterocycles. The number of aryl methyl sites for hydroxylation is 1. The first-order valence-electron chi connectivity index (χ1n) is 9.24. The van der Waals surface area contributed by atoms with Crippen molar-refractivity contribution in [2.45, 2.75) is 19.3 Å². The van der Waals surface area contributed by atoms with Crippen LogP contribution in [-0.4, -0.2) is 58.7 Å². The molecule has 0 N–H and O–H groups in total. The Bertz CT molecular complexity index is 745. The van der Waals surface area contributed by atoms with Crippen LogP contribution in [0, 0.1) is 11.7 Å². The van der Waals surface area contributed by atoms with E-state index in [9.17, 15) is 9.18 Å². The number of piperidine rings is 1. The van der Waals surface area contributed by atoms with Gasteiger partial charge in [0.05, 0.1) is 0 Å². The number of benzene rings is 1. The lowest BCUT2D eigenvalue weighted by atomic mass is 9.97. The van der Waals surface area contributed by atoms with Crippen molar-refractivity contribution < 1.29 is 9.18 Å². The van der Waals surface area contributed by atoms with E-state index in [1.165, 1.54) is 6.07 Å². The molecule has 3 rings (SSSR count). The lowest BCUT2D eigenvalue weighted by Crippen LogP contribution is -2.42. The number of rotatable bonds is 6. The van der Waals surface area contributed by atoms with Gasteiger partial charge in [0.25, 0.3) is 5.91 Å². The average Bonchev–Trinajstić information content (AvgIpc) is 3.06. The van der Waals surface area contributed by atoms with Gasteiger partial charge in [-0.25, -0.2) is 4.39 Å². The molecule has 1 fully saturated rings. The molecule has 2 aromatic rings. The highest BCUT2D eigenvalue weighted by atomic mass is 19.1. The average molecular weight is 358 g/mol. The topological polar surface area (TPSA) is 41.4 Å². The molecule has 1 aromatic carbocycles. The largest absolute Gasteiger partial charge is 0.340 e. The predicted molar refractivity (Wildman–Crippen MR) is 99.4 cm³/mol. The summed E-state index contributed by atoms with van der Waals surface area (Å²) in [5.74, 6) is 0.336. The number of likely N-dealkylation sites (tertiary alicyclic amines) is 1. The maximum atomic E-state index is 13.8. The van der Waals surface area contributed by atoms with Crippen molar-refractivity contribution in [1.82, 2.24) is 19.6 Å². The van der Waals surface area contributed by atoms with Crippen molar-refractivity contribution in [3.63, 3.8) is 0 Å². The lowest BCUT2D eigenvalue weighted by molar-refractivity contribution is 0.0719. The summed E-state index contributed by atoms with van der Waals surface area (Å²) in [6, 6.07) is 8.74. The minimum absolute atomic E-state index is 0.00785. The second kappa shape index (κ2) is 8.45. The van der Waals surface area contributed by atoms with E-state index in [0.29, 0.717) is 11.6 Å². The quantitative estimate of drug-likeness (QED) is 0.797. The van der Waals surface area contributed by atoms with Gasteiger partial charge in [-0.2, -0.15) is 5.10 Å². The summed E-state index contributed by atoms with van der Waals surface area (Å²) in [4.78, 5) is 16.7. The van der Waals surface area contributed by atoms with E-state index < -0.39 is 0 Å². The van der Waals surface area contributed by atoms with Crippen LogP contribution in [0.3, 0.4) is 0 Å². The van der Waals surface area contributed by atoms with Gasteiger partial charge in [0.1, 0.15) is 11.5 Å². The Morgan fingerprint density at radius 2 is 2.15 bits per heavy atom. The normalized spacial score (nSPS) is 18.0. The maximum Gasteiger partial charge on any atom is 0.271 e. The van der Waals surface area contributed by atoms with Crippen LogP contribution in [-0.2, 0) is 13.5 Å². The number of amides is 1. The molecule has 26 heavy (non-hydrogen) atoms. The molecule has 0 bridgehead atoms. The van der Waals surface area contributed by atoms with Crippen molar-refractivity contribution in [3.05, 3.63) is 53.6 Å². The van der Waals surface area contributed by atoms with Gasteiger partial charge >= 0.3 is 0 Å². The molecule has 0 saturated carbocycles. The van der Waals surface area contributed by atoms with Crippen LogP contribution in [0.25, 0.3) is 0 Å². The van der Waals surface area contributed by atoms with Crippen LogP contribution >= 0.6 is 0 Å². The van der Waals surface area contributed by atoms with Crippen LogP contribution in [0.5, 0.6) is 0 Å². The number of carbonyl (C=O) groups excluding carboxylic acids is 1. The van der Waals surface area contributed by atoms with E-state index in [1.54, 1.807) is 35.0 Å². The molecule has 1 amide bonds. The second-order valence-electron chi connectivity index (χ2n) is 7.18. The van der Waals surface area contributed by atoms with Gasteiger partial charge in [0.15, 0.2) is 0 Å². The van der Waals surface area contributed by atoms with Gasteiger partial charge in [-0.05, 0) is 49.4 Å². The molecule has 5 nitrogen and oxygen atoms in total. The number of hydrogen-bond donors (Lipinski definition) is 0. The SMILES string of the molecule is CN(C[C@H]1CCCN(CCc2ccccc2F)C1)C(=O)c1ccnn1C. The van der Waals surface area contributed by atoms with Gasteiger partial charge in [-0.1, -0.05) is 18.2 Å². The predicted octanol–water partition coefficient (Wildman–Crippen LogP) is 2.59. The molecule has 1 saturated heterocycles. The molecule has 2 heterocycles. The van der Waals surface area contributed by atoms with Crippen LogP contribution in [0.15, 0.2) is 36.5 Å². The fraction of sp³-hybridized carbons (Fsp3) is 0.500. The van der Waals surface area contributed by atoms with Crippen molar-refractivity contribution in [2.75, 3.05) is 33.2 Å². The minimum Gasteiger partial charge on any atom is -0.340 e. The molecular weight excluding hydrogens is 331 g/mol. The minimum atomic E-state index is -0.123. The summed E-state index contributed by atoms with van der Waals surface area (Å²) in [7, 11) is 3.64. The number of carbonyl (C=O) groups is 1. The van der Waals surface area contributed by atoms with Gasteiger partial charge in [-0.3, -0.25) is 9.48 Å². The van der Waals surface area contributed by atoms with E-state index in [-0.39, 0.29) is 11.7 Å². The van der Waals surface area contributed by atoms with Gasteiger partial charge in [0.2, 0.25) is 0 Å². The van der Waals surface area contributed by atoms with Crippen molar-refractivity contribution in [3.8, 4) is 0 Å². The third kappa shape index (κ3) is 4.49. The zero-order chi connectivity index (χ0) is 18.5. The number of aromatic nitrogens is 2. The zero-order valence-corrected chi connectivity index (χ0v) is 15.6. The molecule has 1 aliphatic heterocycles. The first kappa shape index (κ1) is 18.6. The Balaban J connectivity index is 1.51. The molecule has 6 heteroatoms. The molecule has 0 radical (unpaired) electrons. The van der Waals surface area contributed by atoms with E-state index in [1.807, 2.05) is 19.2 Å². The van der Waals surface area contributed by atoms with E-state index in [4.69, 9.17) is 0 Å². The summed E-state index contributed by atoms with van der Waals surface area (Å²) < 4.78 is 15.4. The summed E-state index contributed by atoms with van der Waals surface area (Å²) in [5, 5.41) is 4.07. The molecule has 1 aliphatic rings. The second-order valence-corrected chi connectivity index (χ2v) is 7.18. The fourth-order valence-electron chi connectivity index (χ4n) is 3.73. The Labute approximate surface area is 154 Å². The van der Waals surface area contributed by atoms with Crippen molar-refractivity contribution >= 4 is 5.91 Å². The first-order chi connectivity index (χ1) is 12.5. The Morgan fingerprint density at radius 3 is 2.88 bits per heavy atom. The van der Waals surface area contributed by atoms with Gasteiger partial charge in [0, 0.05) is 39.9 Å². The Morgan fingerprint density at radius 1 is 1.35 bits per heavy atom. The number of hydrogen-bond acceptors (Lipinski definition) is 3. The monoisotopic (exact) mass is 358 g/mol. The molecule has 0 spiro atoms. The Kier molecular flexibility index (Phi) is 6.04. The van der Waals surface area contributed by atoms with Crippen LogP contribution in [0.2, 0.25) is 0 Å². The standard InChI is InChI=1S/C20H27FN4O/c1-23(20(26)19-9-11-22-24(19)2)14-16-6-5-12-25(15-16)13-10-17-7-3-4-8-18(17)21/h3-4,7-9,11,16H,5-6,10,12-15H2,1-2H3/t16-/m1/s1. The highest BCUT2D eigenvalue weighted by Gasteiger charge is 2.24. The van der Waals surface area contributed by atoms with E-state index in [0.717, 1.165) is 51.0 Å². The molecule has 140 valence electrons. The first-order valence-corrected chi connectivity index (χ1v) is 9.24. The molecule has 0 aliphatic carbocycles. The molecule has 0 unspecified atom stereocenters. The van der Waals surface area contributed by atoms with Gasteiger partial charge in [-0.15, -0.1) is 0 Å². The molecule has 1 atom stereocenters. The number of halogens is 1. The molecular formula is C20H27FN4O. The highest BCUT2D eigenvalue weighted by molar-refractivity contribution is 5.92. The summed E-state index contributed by atoms with van der Waals surface area (Å²) >= 11 is 0. The summed E-state index contributed by atoms with van der Waals surface area (Å²) in [6.45, 7) is 3.60. The lowest BCUT2D eigenvalue weighted by Gasteiger charge is -2.34. The Hall–Kier alpha value is -2.21. The van der Waals surface area contributed by atoms with Crippen molar-refractivity contribution in [2.24, 2.45) is 13.0 Å².